The molecule has 1 amide bonds. The van der Waals surface area contributed by atoms with E-state index in [0.717, 1.165) is 64.7 Å². The third-order valence-electron chi connectivity index (χ3n) is 5.81. The molecule has 3 aliphatic heterocycles. The van der Waals surface area contributed by atoms with Crippen molar-refractivity contribution in [2.45, 2.75) is 25.7 Å². The summed E-state index contributed by atoms with van der Waals surface area (Å²) in [5.41, 5.74) is 5.60. The van der Waals surface area contributed by atoms with Gasteiger partial charge in [0, 0.05) is 65.7 Å². The lowest BCUT2D eigenvalue weighted by molar-refractivity contribution is -0.149. The van der Waals surface area contributed by atoms with E-state index in [1.54, 1.807) is 0 Å². The molecule has 0 aromatic heterocycles. The maximum atomic E-state index is 13.0. The van der Waals surface area contributed by atoms with Gasteiger partial charge in [0.25, 0.3) is 0 Å². The highest BCUT2D eigenvalue weighted by molar-refractivity contribution is 5.85. The molecule has 0 saturated carbocycles. The first-order valence-corrected chi connectivity index (χ1v) is 9.11. The number of amides is 1. The molecule has 0 aromatic rings. The highest BCUT2D eigenvalue weighted by Gasteiger charge is 2.42. The van der Waals surface area contributed by atoms with Crippen molar-refractivity contribution >= 4 is 30.7 Å². The largest absolute Gasteiger partial charge is 0.381 e. The molecule has 0 radical (unpaired) electrons. The quantitative estimate of drug-likeness (QED) is 0.770. The molecule has 0 aromatic carbocycles. The van der Waals surface area contributed by atoms with Gasteiger partial charge in [0.1, 0.15) is 0 Å². The molecule has 3 heterocycles. The molecule has 3 saturated heterocycles. The van der Waals surface area contributed by atoms with Crippen molar-refractivity contribution < 1.29 is 14.3 Å². The molecule has 6 nitrogen and oxygen atoms in total. The van der Waals surface area contributed by atoms with Crippen LogP contribution in [-0.4, -0.2) is 81.4 Å². The van der Waals surface area contributed by atoms with Crippen molar-refractivity contribution in [3.05, 3.63) is 0 Å². The monoisotopic (exact) mass is 397 g/mol. The van der Waals surface area contributed by atoms with E-state index in [1.165, 1.54) is 12.8 Å². The summed E-state index contributed by atoms with van der Waals surface area (Å²) in [6.45, 7) is 8.38. The van der Waals surface area contributed by atoms with E-state index in [4.69, 9.17) is 15.2 Å². The standard InChI is InChI=1S/C17H31N3O3.2ClH/c18-14-17(3-11-23-12-4-17)16(21)20-7-5-19(6-8-20)13-15-1-9-22-10-2-15;;/h15H,1-14,18H2;2*1H. The lowest BCUT2D eigenvalue weighted by Gasteiger charge is -2.43. The first-order valence-electron chi connectivity index (χ1n) is 9.11. The van der Waals surface area contributed by atoms with E-state index in [1.807, 2.05) is 4.90 Å². The molecule has 0 bridgehead atoms. The number of hydrogen-bond donors (Lipinski definition) is 1. The van der Waals surface area contributed by atoms with Gasteiger partial charge in [-0.1, -0.05) is 0 Å². The minimum absolute atomic E-state index is 0. The van der Waals surface area contributed by atoms with Crippen molar-refractivity contribution in [1.29, 1.82) is 0 Å². The molecule has 8 heteroatoms. The summed E-state index contributed by atoms with van der Waals surface area (Å²) in [5.74, 6) is 1.02. The number of halogens is 2. The van der Waals surface area contributed by atoms with Gasteiger partial charge in [0.05, 0.1) is 5.41 Å². The Morgan fingerprint density at radius 1 is 0.960 bits per heavy atom. The average Bonchev–Trinajstić information content (AvgIpc) is 2.63. The zero-order chi connectivity index (χ0) is 16.1. The Bertz CT molecular complexity index is 395. The van der Waals surface area contributed by atoms with E-state index in [9.17, 15) is 4.79 Å². The van der Waals surface area contributed by atoms with Crippen LogP contribution in [0.25, 0.3) is 0 Å². The number of hydrogen-bond acceptors (Lipinski definition) is 5. The van der Waals surface area contributed by atoms with Gasteiger partial charge in [-0.05, 0) is 31.6 Å². The van der Waals surface area contributed by atoms with Crippen molar-refractivity contribution in [2.24, 2.45) is 17.1 Å². The van der Waals surface area contributed by atoms with E-state index in [2.05, 4.69) is 4.90 Å². The van der Waals surface area contributed by atoms with Gasteiger partial charge >= 0.3 is 0 Å². The summed E-state index contributed by atoms with van der Waals surface area (Å²) in [6, 6.07) is 0. The number of nitrogens with zero attached hydrogens (tertiary/aromatic N) is 2. The van der Waals surface area contributed by atoms with Crippen LogP contribution in [0.2, 0.25) is 0 Å². The summed E-state index contributed by atoms with van der Waals surface area (Å²) in [7, 11) is 0. The van der Waals surface area contributed by atoms with Gasteiger partial charge in [0.15, 0.2) is 0 Å². The number of piperazine rings is 1. The van der Waals surface area contributed by atoms with Crippen LogP contribution in [0.5, 0.6) is 0 Å². The Labute approximate surface area is 163 Å². The fourth-order valence-electron chi connectivity index (χ4n) is 4.03. The molecule has 2 N–H and O–H groups in total. The Kier molecular flexibility index (Phi) is 10.00. The minimum atomic E-state index is -0.374. The third-order valence-corrected chi connectivity index (χ3v) is 5.81. The number of rotatable bonds is 4. The first-order chi connectivity index (χ1) is 11.2. The van der Waals surface area contributed by atoms with Crippen LogP contribution in [0.4, 0.5) is 0 Å². The van der Waals surface area contributed by atoms with Crippen LogP contribution in [0.3, 0.4) is 0 Å². The smallest absolute Gasteiger partial charge is 0.230 e. The predicted molar refractivity (Wildman–Crippen MR) is 103 cm³/mol. The maximum Gasteiger partial charge on any atom is 0.230 e. The summed E-state index contributed by atoms with van der Waals surface area (Å²) in [4.78, 5) is 17.5. The lowest BCUT2D eigenvalue weighted by Crippen LogP contribution is -2.56. The van der Waals surface area contributed by atoms with Crippen molar-refractivity contribution in [2.75, 3.05) is 65.7 Å². The Morgan fingerprint density at radius 3 is 2.08 bits per heavy atom. The number of nitrogens with two attached hydrogens (primary N) is 1. The van der Waals surface area contributed by atoms with E-state index in [-0.39, 0.29) is 36.1 Å². The fraction of sp³-hybridized carbons (Fsp3) is 0.941. The summed E-state index contributed by atoms with van der Waals surface area (Å²) in [6.07, 6.45) is 3.89. The second kappa shape index (κ2) is 10.9. The van der Waals surface area contributed by atoms with Gasteiger partial charge in [-0.25, -0.2) is 0 Å². The SMILES string of the molecule is Cl.Cl.NCC1(C(=O)N2CCN(CC3CCOCC3)CC2)CCOCC1. The van der Waals surface area contributed by atoms with E-state index >= 15 is 0 Å². The highest BCUT2D eigenvalue weighted by Crippen LogP contribution is 2.32. The van der Waals surface area contributed by atoms with Gasteiger partial charge in [-0.2, -0.15) is 0 Å². The topological polar surface area (TPSA) is 68.0 Å². The molecule has 3 fully saturated rings. The van der Waals surface area contributed by atoms with Gasteiger partial charge in [-0.3, -0.25) is 9.69 Å². The zero-order valence-electron chi connectivity index (χ0n) is 15.0. The molecule has 148 valence electrons. The summed E-state index contributed by atoms with van der Waals surface area (Å²) in [5, 5.41) is 0. The third kappa shape index (κ3) is 5.68. The van der Waals surface area contributed by atoms with Crippen molar-refractivity contribution in [1.82, 2.24) is 9.80 Å². The van der Waals surface area contributed by atoms with Crippen LogP contribution in [0.1, 0.15) is 25.7 Å². The Balaban J connectivity index is 0.00000156. The molecular formula is C17H33Cl2N3O3. The molecule has 3 aliphatic rings. The van der Waals surface area contributed by atoms with E-state index < -0.39 is 0 Å². The highest BCUT2D eigenvalue weighted by atomic mass is 35.5. The van der Waals surface area contributed by atoms with Crippen LogP contribution >= 0.6 is 24.8 Å². The first kappa shape index (κ1) is 22.9. The Morgan fingerprint density at radius 2 is 1.52 bits per heavy atom. The number of carbonyl (C=O) groups is 1. The predicted octanol–water partition coefficient (Wildman–Crippen LogP) is 1.16. The van der Waals surface area contributed by atoms with Crippen LogP contribution < -0.4 is 5.73 Å². The summed E-state index contributed by atoms with van der Waals surface area (Å²) >= 11 is 0. The number of ether oxygens (including phenoxy) is 2. The fourth-order valence-corrected chi connectivity index (χ4v) is 4.03. The summed E-state index contributed by atoms with van der Waals surface area (Å²) < 4.78 is 10.9. The second-order valence-corrected chi connectivity index (χ2v) is 7.25. The van der Waals surface area contributed by atoms with E-state index in [0.29, 0.717) is 19.8 Å². The zero-order valence-corrected chi connectivity index (χ0v) is 16.6. The van der Waals surface area contributed by atoms with Crippen LogP contribution in [0.15, 0.2) is 0 Å². The number of carbonyl (C=O) groups excluding carboxylic acids is 1. The molecular weight excluding hydrogens is 365 g/mol. The molecule has 0 atom stereocenters. The molecule has 3 rings (SSSR count). The van der Waals surface area contributed by atoms with Gasteiger partial charge in [-0.15, -0.1) is 24.8 Å². The molecule has 0 spiro atoms. The van der Waals surface area contributed by atoms with Gasteiger partial charge in [0.2, 0.25) is 5.91 Å². The average molecular weight is 398 g/mol. The minimum Gasteiger partial charge on any atom is -0.381 e. The second-order valence-electron chi connectivity index (χ2n) is 7.25. The maximum absolute atomic E-state index is 13.0. The van der Waals surface area contributed by atoms with Crippen molar-refractivity contribution in [3.63, 3.8) is 0 Å². The van der Waals surface area contributed by atoms with Gasteiger partial charge < -0.3 is 20.1 Å². The molecule has 25 heavy (non-hydrogen) atoms. The molecule has 0 aliphatic carbocycles. The van der Waals surface area contributed by atoms with Crippen molar-refractivity contribution in [3.8, 4) is 0 Å². The lowest BCUT2D eigenvalue weighted by atomic mass is 9.78. The normalized spacial score (nSPS) is 24.9. The molecule has 0 unspecified atom stereocenters. The van der Waals surface area contributed by atoms with Crippen LogP contribution in [0, 0.1) is 11.3 Å². The van der Waals surface area contributed by atoms with Crippen LogP contribution in [-0.2, 0) is 14.3 Å². The Hall–Kier alpha value is -0.110.